The quantitative estimate of drug-likeness (QED) is 0.764. The summed E-state index contributed by atoms with van der Waals surface area (Å²) >= 11 is 0. The van der Waals surface area contributed by atoms with E-state index in [0.717, 1.165) is 12.8 Å². The molecule has 2 unspecified atom stereocenters. The smallest absolute Gasteiger partial charge is 0.169 e. The molecule has 1 aliphatic carbocycles. The number of aromatic nitrogens is 1. The molecule has 0 N–H and O–H groups in total. The second-order valence-corrected chi connectivity index (χ2v) is 5.08. The second kappa shape index (κ2) is 5.98. The molecule has 1 aromatic heterocycles. The number of carbonyl (C=O) groups is 1. The molecular formula is C15H21NO2. The molecule has 1 fully saturated rings. The lowest BCUT2D eigenvalue weighted by Gasteiger charge is -2.27. The van der Waals surface area contributed by atoms with Crippen molar-refractivity contribution in [3.63, 3.8) is 0 Å². The van der Waals surface area contributed by atoms with Gasteiger partial charge in [0.05, 0.1) is 18.9 Å². The number of hydrogen-bond acceptors (Lipinski definition) is 3. The monoisotopic (exact) mass is 247 g/mol. The van der Waals surface area contributed by atoms with Crippen LogP contribution in [0.1, 0.15) is 49.4 Å². The molecule has 1 heterocycles. The highest BCUT2D eigenvalue weighted by Crippen LogP contribution is 2.34. The third kappa shape index (κ3) is 2.71. The summed E-state index contributed by atoms with van der Waals surface area (Å²) in [5, 5.41) is 0. The number of pyridine rings is 1. The fourth-order valence-electron chi connectivity index (χ4n) is 2.87. The van der Waals surface area contributed by atoms with Crippen molar-refractivity contribution in [2.75, 3.05) is 7.11 Å². The van der Waals surface area contributed by atoms with Crippen LogP contribution in [-0.4, -0.2) is 17.9 Å². The first-order valence-electron chi connectivity index (χ1n) is 6.78. The van der Waals surface area contributed by atoms with Gasteiger partial charge in [0.1, 0.15) is 5.75 Å². The van der Waals surface area contributed by atoms with Crippen LogP contribution in [-0.2, 0) is 0 Å². The maximum Gasteiger partial charge on any atom is 0.169 e. The lowest BCUT2D eigenvalue weighted by atomic mass is 9.77. The molecule has 1 aromatic rings. The second-order valence-electron chi connectivity index (χ2n) is 5.08. The molecule has 1 saturated carbocycles. The number of ketones is 1. The maximum atomic E-state index is 12.5. The van der Waals surface area contributed by atoms with Gasteiger partial charge in [-0.3, -0.25) is 9.78 Å². The SMILES string of the molecule is CCC1CCCC(C(=O)c2ccncc2OC)C1. The molecule has 2 atom stereocenters. The minimum Gasteiger partial charge on any atom is -0.494 e. The van der Waals surface area contributed by atoms with E-state index < -0.39 is 0 Å². The van der Waals surface area contributed by atoms with E-state index >= 15 is 0 Å². The molecule has 98 valence electrons. The Morgan fingerprint density at radius 3 is 3.06 bits per heavy atom. The van der Waals surface area contributed by atoms with E-state index in [2.05, 4.69) is 11.9 Å². The van der Waals surface area contributed by atoms with Crippen LogP contribution in [0, 0.1) is 11.8 Å². The average Bonchev–Trinajstić information content (AvgIpc) is 2.46. The van der Waals surface area contributed by atoms with Crippen molar-refractivity contribution in [3.8, 4) is 5.75 Å². The number of methoxy groups -OCH3 is 1. The van der Waals surface area contributed by atoms with E-state index in [1.807, 2.05) is 0 Å². The van der Waals surface area contributed by atoms with Crippen LogP contribution in [0.3, 0.4) is 0 Å². The highest BCUT2D eigenvalue weighted by molar-refractivity contribution is 6.00. The van der Waals surface area contributed by atoms with Gasteiger partial charge in [-0.2, -0.15) is 0 Å². The van der Waals surface area contributed by atoms with Gasteiger partial charge in [0, 0.05) is 12.1 Å². The van der Waals surface area contributed by atoms with E-state index in [9.17, 15) is 4.79 Å². The Balaban J connectivity index is 2.15. The normalized spacial score (nSPS) is 23.7. The minimum atomic E-state index is 0.167. The van der Waals surface area contributed by atoms with E-state index in [1.165, 1.54) is 19.3 Å². The van der Waals surface area contributed by atoms with Crippen LogP contribution in [0.4, 0.5) is 0 Å². The lowest BCUT2D eigenvalue weighted by molar-refractivity contribution is 0.0858. The van der Waals surface area contributed by atoms with Crippen LogP contribution < -0.4 is 4.74 Å². The summed E-state index contributed by atoms with van der Waals surface area (Å²) in [7, 11) is 1.59. The largest absolute Gasteiger partial charge is 0.494 e. The Morgan fingerprint density at radius 2 is 2.33 bits per heavy atom. The van der Waals surface area contributed by atoms with E-state index in [1.54, 1.807) is 25.6 Å². The van der Waals surface area contributed by atoms with Crippen molar-refractivity contribution in [2.45, 2.75) is 39.0 Å². The third-order valence-corrected chi connectivity index (χ3v) is 4.00. The molecule has 0 aliphatic heterocycles. The van der Waals surface area contributed by atoms with Gasteiger partial charge < -0.3 is 4.74 Å². The zero-order valence-corrected chi connectivity index (χ0v) is 11.2. The van der Waals surface area contributed by atoms with Crippen LogP contribution in [0.15, 0.2) is 18.5 Å². The fourth-order valence-corrected chi connectivity index (χ4v) is 2.87. The molecule has 18 heavy (non-hydrogen) atoms. The summed E-state index contributed by atoms with van der Waals surface area (Å²) in [4.78, 5) is 16.5. The third-order valence-electron chi connectivity index (χ3n) is 4.00. The highest BCUT2D eigenvalue weighted by Gasteiger charge is 2.28. The molecule has 1 aliphatic rings. The lowest BCUT2D eigenvalue weighted by Crippen LogP contribution is -2.23. The Labute approximate surface area is 109 Å². The number of rotatable bonds is 4. The Kier molecular flexibility index (Phi) is 4.34. The highest BCUT2D eigenvalue weighted by atomic mass is 16.5. The van der Waals surface area contributed by atoms with Gasteiger partial charge in [0.25, 0.3) is 0 Å². The van der Waals surface area contributed by atoms with Gasteiger partial charge in [-0.05, 0) is 24.8 Å². The molecule has 0 saturated heterocycles. The summed E-state index contributed by atoms with van der Waals surface area (Å²) < 4.78 is 5.23. The first kappa shape index (κ1) is 13.1. The first-order chi connectivity index (χ1) is 8.76. The summed E-state index contributed by atoms with van der Waals surface area (Å²) in [6.45, 7) is 2.21. The van der Waals surface area contributed by atoms with Gasteiger partial charge in [-0.25, -0.2) is 0 Å². The number of Topliss-reactive ketones (excluding diaryl/α,β-unsaturated/α-hetero) is 1. The van der Waals surface area contributed by atoms with E-state index in [4.69, 9.17) is 4.74 Å². The van der Waals surface area contributed by atoms with Crippen molar-refractivity contribution < 1.29 is 9.53 Å². The number of hydrogen-bond donors (Lipinski definition) is 0. The molecule has 0 aromatic carbocycles. The van der Waals surface area contributed by atoms with Crippen molar-refractivity contribution in [1.82, 2.24) is 4.98 Å². The molecule has 3 heteroatoms. The molecule has 3 nitrogen and oxygen atoms in total. The zero-order chi connectivity index (χ0) is 13.0. The van der Waals surface area contributed by atoms with Crippen molar-refractivity contribution in [2.24, 2.45) is 11.8 Å². The van der Waals surface area contributed by atoms with E-state index in [0.29, 0.717) is 17.2 Å². The summed E-state index contributed by atoms with van der Waals surface area (Å²) in [6, 6.07) is 1.77. The number of nitrogens with zero attached hydrogens (tertiary/aromatic N) is 1. The molecule has 0 amide bonds. The maximum absolute atomic E-state index is 12.5. The molecule has 0 bridgehead atoms. The summed E-state index contributed by atoms with van der Waals surface area (Å²) in [5.41, 5.74) is 0.689. The van der Waals surface area contributed by atoms with E-state index in [-0.39, 0.29) is 11.7 Å². The van der Waals surface area contributed by atoms with Gasteiger partial charge >= 0.3 is 0 Å². The van der Waals surface area contributed by atoms with Crippen molar-refractivity contribution >= 4 is 5.78 Å². The first-order valence-corrected chi connectivity index (χ1v) is 6.78. The Morgan fingerprint density at radius 1 is 1.50 bits per heavy atom. The minimum absolute atomic E-state index is 0.167. The molecule has 0 radical (unpaired) electrons. The molecule has 0 spiro atoms. The van der Waals surface area contributed by atoms with Crippen LogP contribution >= 0.6 is 0 Å². The summed E-state index contributed by atoms with van der Waals surface area (Å²) in [6.07, 6.45) is 8.94. The van der Waals surface area contributed by atoms with Crippen LogP contribution in [0.5, 0.6) is 5.75 Å². The standard InChI is InChI=1S/C15H21NO2/c1-3-11-5-4-6-12(9-11)15(17)13-7-8-16-10-14(13)18-2/h7-8,10-12H,3-6,9H2,1-2H3. The summed E-state index contributed by atoms with van der Waals surface area (Å²) in [5.74, 6) is 1.70. The van der Waals surface area contributed by atoms with Crippen molar-refractivity contribution in [1.29, 1.82) is 0 Å². The predicted molar refractivity (Wildman–Crippen MR) is 70.9 cm³/mol. The molecular weight excluding hydrogens is 226 g/mol. The fraction of sp³-hybridized carbons (Fsp3) is 0.600. The number of ether oxygens (including phenoxy) is 1. The Hall–Kier alpha value is -1.38. The average molecular weight is 247 g/mol. The van der Waals surface area contributed by atoms with Crippen LogP contribution in [0.25, 0.3) is 0 Å². The molecule has 2 rings (SSSR count). The zero-order valence-electron chi connectivity index (χ0n) is 11.2. The van der Waals surface area contributed by atoms with Crippen molar-refractivity contribution in [3.05, 3.63) is 24.0 Å². The van der Waals surface area contributed by atoms with Gasteiger partial charge in [-0.15, -0.1) is 0 Å². The number of carbonyl (C=O) groups excluding carboxylic acids is 1. The van der Waals surface area contributed by atoms with Gasteiger partial charge in [0.15, 0.2) is 5.78 Å². The Bertz CT molecular complexity index is 417. The van der Waals surface area contributed by atoms with Gasteiger partial charge in [0.2, 0.25) is 0 Å². The predicted octanol–water partition coefficient (Wildman–Crippen LogP) is 3.49. The van der Waals surface area contributed by atoms with Gasteiger partial charge in [-0.1, -0.05) is 26.2 Å². The topological polar surface area (TPSA) is 39.2 Å². The van der Waals surface area contributed by atoms with Crippen LogP contribution in [0.2, 0.25) is 0 Å².